The summed E-state index contributed by atoms with van der Waals surface area (Å²) in [6.45, 7) is 0.451. The number of pyridine rings is 2. The van der Waals surface area contributed by atoms with Gasteiger partial charge in [0.25, 0.3) is 5.91 Å². The van der Waals surface area contributed by atoms with Gasteiger partial charge in [0, 0.05) is 36.3 Å². The van der Waals surface area contributed by atoms with Crippen molar-refractivity contribution < 1.29 is 4.79 Å². The molecule has 2 heterocycles. The van der Waals surface area contributed by atoms with Crippen molar-refractivity contribution in [2.45, 2.75) is 6.54 Å². The van der Waals surface area contributed by atoms with Crippen molar-refractivity contribution in [3.05, 3.63) is 96.4 Å². The van der Waals surface area contributed by atoms with E-state index in [2.05, 4.69) is 15.3 Å². The molecule has 1 amide bonds. The molecule has 0 aliphatic heterocycles. The molecular weight excluding hydrogens is 322 g/mol. The van der Waals surface area contributed by atoms with Gasteiger partial charge in [-0.2, -0.15) is 0 Å². The van der Waals surface area contributed by atoms with Crippen molar-refractivity contribution >= 4 is 16.7 Å². The first kappa shape index (κ1) is 16.0. The highest BCUT2D eigenvalue weighted by molar-refractivity contribution is 5.98. The molecule has 0 spiro atoms. The second-order valence-corrected chi connectivity index (χ2v) is 6.03. The van der Waals surface area contributed by atoms with E-state index >= 15 is 0 Å². The third-order valence-electron chi connectivity index (χ3n) is 4.27. The van der Waals surface area contributed by atoms with Gasteiger partial charge in [0.2, 0.25) is 0 Å². The number of benzene rings is 2. The van der Waals surface area contributed by atoms with Crippen LogP contribution in [0.1, 0.15) is 15.9 Å². The molecular formula is C22H17N3O. The molecule has 2 aromatic carbocycles. The van der Waals surface area contributed by atoms with Crippen LogP contribution in [0, 0.1) is 0 Å². The number of nitrogens with zero attached hydrogens (tertiary/aromatic N) is 2. The van der Waals surface area contributed by atoms with Crippen LogP contribution in [0.25, 0.3) is 22.0 Å². The first-order chi connectivity index (χ1) is 12.8. The molecule has 0 fully saturated rings. The van der Waals surface area contributed by atoms with Crippen molar-refractivity contribution in [2.75, 3.05) is 0 Å². The molecule has 126 valence electrons. The minimum atomic E-state index is -0.0852. The largest absolute Gasteiger partial charge is 0.348 e. The lowest BCUT2D eigenvalue weighted by molar-refractivity contribution is 0.0951. The van der Waals surface area contributed by atoms with E-state index < -0.39 is 0 Å². The van der Waals surface area contributed by atoms with E-state index in [0.717, 1.165) is 27.6 Å². The zero-order valence-electron chi connectivity index (χ0n) is 14.1. The van der Waals surface area contributed by atoms with Gasteiger partial charge in [0.1, 0.15) is 0 Å². The van der Waals surface area contributed by atoms with Crippen LogP contribution >= 0.6 is 0 Å². The molecule has 2 aromatic heterocycles. The molecule has 4 rings (SSSR count). The van der Waals surface area contributed by atoms with Crippen LogP contribution in [0.2, 0.25) is 0 Å². The molecule has 0 radical (unpaired) electrons. The van der Waals surface area contributed by atoms with E-state index in [-0.39, 0.29) is 5.91 Å². The molecule has 4 heteroatoms. The molecule has 0 saturated carbocycles. The Balaban J connectivity index is 1.49. The van der Waals surface area contributed by atoms with E-state index in [4.69, 9.17) is 0 Å². The van der Waals surface area contributed by atoms with Crippen LogP contribution in [-0.2, 0) is 6.54 Å². The average molecular weight is 339 g/mol. The number of rotatable bonds is 4. The molecule has 4 nitrogen and oxygen atoms in total. The van der Waals surface area contributed by atoms with Crippen molar-refractivity contribution in [3.63, 3.8) is 0 Å². The smallest absolute Gasteiger partial charge is 0.251 e. The van der Waals surface area contributed by atoms with Gasteiger partial charge >= 0.3 is 0 Å². The van der Waals surface area contributed by atoms with Crippen molar-refractivity contribution in [3.8, 4) is 11.3 Å². The second-order valence-electron chi connectivity index (χ2n) is 6.03. The van der Waals surface area contributed by atoms with Gasteiger partial charge in [-0.3, -0.25) is 14.8 Å². The Morgan fingerprint density at radius 2 is 1.65 bits per heavy atom. The summed E-state index contributed by atoms with van der Waals surface area (Å²) in [5.41, 5.74) is 3.53. The van der Waals surface area contributed by atoms with Gasteiger partial charge in [-0.1, -0.05) is 30.3 Å². The van der Waals surface area contributed by atoms with E-state index in [1.165, 1.54) is 0 Å². The SMILES string of the molecule is O=C(NCc1ccnc(-c2ccncc2)c1)c1ccc2ccccc2c1. The summed E-state index contributed by atoms with van der Waals surface area (Å²) in [4.78, 5) is 20.9. The fraction of sp³-hybridized carbons (Fsp3) is 0.0455. The molecule has 0 atom stereocenters. The van der Waals surface area contributed by atoms with Gasteiger partial charge in [0.05, 0.1) is 5.69 Å². The first-order valence-corrected chi connectivity index (χ1v) is 8.42. The lowest BCUT2D eigenvalue weighted by atomic mass is 10.1. The molecule has 0 aliphatic rings. The van der Waals surface area contributed by atoms with Crippen LogP contribution in [0.4, 0.5) is 0 Å². The van der Waals surface area contributed by atoms with Crippen molar-refractivity contribution in [1.82, 2.24) is 15.3 Å². The van der Waals surface area contributed by atoms with Crippen LogP contribution in [-0.4, -0.2) is 15.9 Å². The number of hydrogen-bond acceptors (Lipinski definition) is 3. The highest BCUT2D eigenvalue weighted by Crippen LogP contribution is 2.17. The molecule has 0 aliphatic carbocycles. The lowest BCUT2D eigenvalue weighted by Gasteiger charge is -2.08. The quantitative estimate of drug-likeness (QED) is 0.605. The Bertz CT molecular complexity index is 1060. The van der Waals surface area contributed by atoms with Gasteiger partial charge in [-0.25, -0.2) is 0 Å². The first-order valence-electron chi connectivity index (χ1n) is 8.42. The Kier molecular flexibility index (Phi) is 4.39. The van der Waals surface area contributed by atoms with Gasteiger partial charge in [-0.05, 0) is 52.7 Å². The monoisotopic (exact) mass is 339 g/mol. The Morgan fingerprint density at radius 1 is 0.846 bits per heavy atom. The van der Waals surface area contributed by atoms with Crippen LogP contribution in [0.5, 0.6) is 0 Å². The van der Waals surface area contributed by atoms with Crippen LogP contribution in [0.15, 0.2) is 85.3 Å². The normalized spacial score (nSPS) is 10.6. The number of fused-ring (bicyclic) bond motifs is 1. The molecule has 4 aromatic rings. The van der Waals surface area contributed by atoms with E-state index in [1.807, 2.05) is 66.7 Å². The van der Waals surface area contributed by atoms with Crippen molar-refractivity contribution in [2.24, 2.45) is 0 Å². The molecule has 1 N–H and O–H groups in total. The van der Waals surface area contributed by atoms with Crippen LogP contribution < -0.4 is 5.32 Å². The summed E-state index contributed by atoms with van der Waals surface area (Å²) in [7, 11) is 0. The lowest BCUT2D eigenvalue weighted by Crippen LogP contribution is -2.22. The number of aromatic nitrogens is 2. The zero-order valence-corrected chi connectivity index (χ0v) is 14.1. The summed E-state index contributed by atoms with van der Waals surface area (Å²) in [6.07, 6.45) is 5.24. The predicted molar refractivity (Wildman–Crippen MR) is 103 cm³/mol. The minimum Gasteiger partial charge on any atom is -0.348 e. The van der Waals surface area contributed by atoms with Crippen molar-refractivity contribution in [1.29, 1.82) is 0 Å². The summed E-state index contributed by atoms with van der Waals surface area (Å²) >= 11 is 0. The number of amides is 1. The number of carbonyl (C=O) groups excluding carboxylic acids is 1. The Hall–Kier alpha value is -3.53. The summed E-state index contributed by atoms with van der Waals surface area (Å²) in [5, 5.41) is 5.16. The van der Waals surface area contributed by atoms with Gasteiger partial charge in [0.15, 0.2) is 0 Å². The maximum atomic E-state index is 12.5. The molecule has 0 bridgehead atoms. The summed E-state index contributed by atoms with van der Waals surface area (Å²) in [5.74, 6) is -0.0852. The third kappa shape index (κ3) is 3.44. The van der Waals surface area contributed by atoms with Gasteiger partial charge in [-0.15, -0.1) is 0 Å². The maximum Gasteiger partial charge on any atom is 0.251 e. The summed E-state index contributed by atoms with van der Waals surface area (Å²) in [6, 6.07) is 21.5. The maximum absolute atomic E-state index is 12.5. The topological polar surface area (TPSA) is 54.9 Å². The highest BCUT2D eigenvalue weighted by atomic mass is 16.1. The fourth-order valence-corrected chi connectivity index (χ4v) is 2.88. The second kappa shape index (κ2) is 7.15. The number of nitrogens with one attached hydrogen (secondary N) is 1. The summed E-state index contributed by atoms with van der Waals surface area (Å²) < 4.78 is 0. The Labute approximate surface area is 151 Å². The zero-order chi connectivity index (χ0) is 17.8. The van der Waals surface area contributed by atoms with Crippen LogP contribution in [0.3, 0.4) is 0 Å². The fourth-order valence-electron chi connectivity index (χ4n) is 2.88. The highest BCUT2D eigenvalue weighted by Gasteiger charge is 2.07. The number of carbonyl (C=O) groups is 1. The standard InChI is InChI=1S/C22H17N3O/c26-22(20-6-5-17-3-1-2-4-19(17)14-20)25-15-16-7-12-24-21(13-16)18-8-10-23-11-9-18/h1-14H,15H2,(H,25,26). The number of hydrogen-bond donors (Lipinski definition) is 1. The molecule has 0 unspecified atom stereocenters. The molecule has 0 saturated heterocycles. The average Bonchev–Trinajstić information content (AvgIpc) is 2.72. The Morgan fingerprint density at radius 3 is 2.50 bits per heavy atom. The van der Waals surface area contributed by atoms with E-state index in [0.29, 0.717) is 12.1 Å². The van der Waals surface area contributed by atoms with E-state index in [9.17, 15) is 4.79 Å². The third-order valence-corrected chi connectivity index (χ3v) is 4.27. The van der Waals surface area contributed by atoms with E-state index in [1.54, 1.807) is 18.6 Å². The molecule has 26 heavy (non-hydrogen) atoms. The predicted octanol–water partition coefficient (Wildman–Crippen LogP) is 4.23. The van der Waals surface area contributed by atoms with Gasteiger partial charge < -0.3 is 5.32 Å². The minimum absolute atomic E-state index is 0.0852.